The largest absolute Gasteiger partial charge is 0.507 e. The Kier molecular flexibility index (Phi) is 4.01. The van der Waals surface area contributed by atoms with Gasteiger partial charge in [0.2, 0.25) is 0 Å². The summed E-state index contributed by atoms with van der Waals surface area (Å²) in [6.45, 7) is 3.70. The van der Waals surface area contributed by atoms with Gasteiger partial charge in [-0.2, -0.15) is 0 Å². The summed E-state index contributed by atoms with van der Waals surface area (Å²) < 4.78 is 0. The van der Waals surface area contributed by atoms with Crippen LogP contribution in [0, 0.1) is 0 Å². The maximum atomic E-state index is 10.0. The zero-order valence-corrected chi connectivity index (χ0v) is 12.3. The van der Waals surface area contributed by atoms with Crippen molar-refractivity contribution in [1.29, 1.82) is 0 Å². The lowest BCUT2D eigenvalue weighted by molar-refractivity contribution is 0.476. The monoisotopic (exact) mass is 305 g/mol. The molecule has 0 aliphatic heterocycles. The van der Waals surface area contributed by atoms with Crippen LogP contribution in [-0.4, -0.2) is 25.2 Å². The molecule has 0 aliphatic carbocycles. The normalized spacial score (nSPS) is 10.4. The molecule has 0 fully saturated rings. The third-order valence-electron chi connectivity index (χ3n) is 3.30. The molecule has 23 heavy (non-hydrogen) atoms. The fraction of sp³-hybridized carbons (Fsp3) is 0.0556. The first-order valence-corrected chi connectivity index (χ1v) is 7.11. The molecule has 114 valence electrons. The molecule has 3 rings (SSSR count). The number of phenolic OH excluding ortho intramolecular Hbond substituents is 2. The van der Waals surface area contributed by atoms with Gasteiger partial charge in [-0.05, 0) is 24.3 Å². The zero-order chi connectivity index (χ0) is 16.2. The average Bonchev–Trinajstić information content (AvgIpc) is 2.56. The maximum absolute atomic E-state index is 10.0. The highest BCUT2D eigenvalue weighted by Gasteiger charge is 2.14. The van der Waals surface area contributed by atoms with Crippen LogP contribution in [0.2, 0.25) is 0 Å². The Labute approximate surface area is 133 Å². The Hall–Kier alpha value is -3.21. The molecule has 0 atom stereocenters. The van der Waals surface area contributed by atoms with E-state index >= 15 is 0 Å². The van der Waals surface area contributed by atoms with Crippen molar-refractivity contribution in [3.8, 4) is 34.3 Å². The summed E-state index contributed by atoms with van der Waals surface area (Å²) in [4.78, 5) is 13.1. The van der Waals surface area contributed by atoms with Gasteiger partial charge in [-0.25, -0.2) is 15.0 Å². The van der Waals surface area contributed by atoms with Gasteiger partial charge in [0.05, 0.1) is 11.1 Å². The second-order valence-electron chi connectivity index (χ2n) is 4.93. The maximum Gasteiger partial charge on any atom is 0.167 e. The molecular formula is C18H15N3O2. The van der Waals surface area contributed by atoms with Crippen LogP contribution in [0.25, 0.3) is 22.8 Å². The van der Waals surface area contributed by atoms with Crippen LogP contribution in [0.4, 0.5) is 0 Å². The first-order chi connectivity index (χ1) is 11.2. The van der Waals surface area contributed by atoms with E-state index in [-0.39, 0.29) is 11.5 Å². The van der Waals surface area contributed by atoms with E-state index in [1.807, 2.05) is 0 Å². The number of aromatic nitrogens is 3. The summed E-state index contributed by atoms with van der Waals surface area (Å²) in [6, 6.07) is 13.7. The molecule has 3 aromatic rings. The van der Waals surface area contributed by atoms with Crippen LogP contribution in [-0.2, 0) is 6.42 Å². The Morgan fingerprint density at radius 3 is 1.70 bits per heavy atom. The first-order valence-electron chi connectivity index (χ1n) is 7.11. The van der Waals surface area contributed by atoms with Crippen molar-refractivity contribution < 1.29 is 10.2 Å². The number of para-hydroxylation sites is 2. The fourth-order valence-corrected chi connectivity index (χ4v) is 2.21. The summed E-state index contributed by atoms with van der Waals surface area (Å²) in [6.07, 6.45) is 2.16. The van der Waals surface area contributed by atoms with Gasteiger partial charge in [0.25, 0.3) is 0 Å². The molecule has 0 saturated heterocycles. The van der Waals surface area contributed by atoms with Crippen LogP contribution >= 0.6 is 0 Å². The Morgan fingerprint density at radius 1 is 0.783 bits per heavy atom. The molecule has 5 nitrogen and oxygen atoms in total. The number of nitrogens with zero attached hydrogens (tertiary/aromatic N) is 3. The highest BCUT2D eigenvalue weighted by Crippen LogP contribution is 2.30. The molecule has 2 N–H and O–H groups in total. The predicted octanol–water partition coefficient (Wildman–Crippen LogP) is 3.35. The molecule has 0 radical (unpaired) electrons. The van der Waals surface area contributed by atoms with E-state index in [9.17, 15) is 10.2 Å². The molecule has 0 amide bonds. The lowest BCUT2D eigenvalue weighted by Gasteiger charge is -2.08. The summed E-state index contributed by atoms with van der Waals surface area (Å²) in [5.74, 6) is 1.41. The van der Waals surface area contributed by atoms with E-state index in [0.717, 1.165) is 0 Å². The van der Waals surface area contributed by atoms with Crippen LogP contribution in [0.15, 0.2) is 61.2 Å². The second kappa shape index (κ2) is 6.27. The minimum Gasteiger partial charge on any atom is -0.507 e. The molecule has 5 heteroatoms. The fourth-order valence-electron chi connectivity index (χ4n) is 2.21. The van der Waals surface area contributed by atoms with Crippen LogP contribution in [0.1, 0.15) is 5.82 Å². The average molecular weight is 305 g/mol. The number of hydrogen-bond donors (Lipinski definition) is 2. The second-order valence-corrected chi connectivity index (χ2v) is 4.93. The number of benzene rings is 2. The summed E-state index contributed by atoms with van der Waals surface area (Å²) >= 11 is 0. The molecule has 0 unspecified atom stereocenters. The zero-order valence-electron chi connectivity index (χ0n) is 12.3. The van der Waals surface area contributed by atoms with E-state index in [0.29, 0.717) is 35.0 Å². The first kappa shape index (κ1) is 14.7. The topological polar surface area (TPSA) is 79.1 Å². The Balaban J connectivity index is 2.20. The van der Waals surface area contributed by atoms with Gasteiger partial charge >= 0.3 is 0 Å². The van der Waals surface area contributed by atoms with Crippen molar-refractivity contribution in [2.75, 3.05) is 0 Å². The van der Waals surface area contributed by atoms with E-state index in [4.69, 9.17) is 0 Å². The Bertz CT molecular complexity index is 799. The van der Waals surface area contributed by atoms with E-state index < -0.39 is 0 Å². The SMILES string of the molecule is C=CCc1nc(-c2ccccc2O)nc(-c2ccccc2O)n1. The minimum atomic E-state index is 0.0893. The molecular weight excluding hydrogens is 290 g/mol. The van der Waals surface area contributed by atoms with Gasteiger partial charge in [0, 0.05) is 6.42 Å². The highest BCUT2D eigenvalue weighted by atomic mass is 16.3. The number of aromatic hydroxyl groups is 2. The van der Waals surface area contributed by atoms with Gasteiger partial charge in [-0.15, -0.1) is 6.58 Å². The standard InChI is InChI=1S/C18H15N3O2/c1-2-7-16-19-17(12-8-3-5-10-14(12)22)21-18(20-16)13-9-4-6-11-15(13)23/h2-6,8-11,22-23H,1,7H2. The van der Waals surface area contributed by atoms with E-state index in [1.165, 1.54) is 0 Å². The third kappa shape index (κ3) is 3.03. The number of rotatable bonds is 4. The molecule has 1 aromatic heterocycles. The molecule has 1 heterocycles. The quantitative estimate of drug-likeness (QED) is 0.723. The van der Waals surface area contributed by atoms with Crippen LogP contribution in [0.5, 0.6) is 11.5 Å². The lowest BCUT2D eigenvalue weighted by atomic mass is 10.1. The van der Waals surface area contributed by atoms with Crippen molar-refractivity contribution in [2.24, 2.45) is 0 Å². The summed E-state index contributed by atoms with van der Waals surface area (Å²) in [7, 11) is 0. The van der Waals surface area contributed by atoms with Crippen molar-refractivity contribution in [3.63, 3.8) is 0 Å². The smallest absolute Gasteiger partial charge is 0.167 e. The Morgan fingerprint density at radius 2 is 1.26 bits per heavy atom. The third-order valence-corrected chi connectivity index (χ3v) is 3.30. The van der Waals surface area contributed by atoms with E-state index in [2.05, 4.69) is 21.5 Å². The number of phenols is 2. The summed E-state index contributed by atoms with van der Waals surface area (Å²) in [5.41, 5.74) is 1.02. The van der Waals surface area contributed by atoms with E-state index in [1.54, 1.807) is 54.6 Å². The van der Waals surface area contributed by atoms with Gasteiger partial charge in [0.1, 0.15) is 17.3 Å². The van der Waals surface area contributed by atoms with Crippen molar-refractivity contribution >= 4 is 0 Å². The van der Waals surface area contributed by atoms with Crippen LogP contribution < -0.4 is 0 Å². The van der Waals surface area contributed by atoms with Crippen molar-refractivity contribution in [3.05, 3.63) is 67.0 Å². The summed E-state index contributed by atoms with van der Waals surface area (Å²) in [5, 5.41) is 20.1. The van der Waals surface area contributed by atoms with Gasteiger partial charge in [-0.3, -0.25) is 0 Å². The highest BCUT2D eigenvalue weighted by molar-refractivity contribution is 5.68. The number of hydrogen-bond acceptors (Lipinski definition) is 5. The molecule has 2 aromatic carbocycles. The van der Waals surface area contributed by atoms with Gasteiger partial charge in [0.15, 0.2) is 11.6 Å². The molecule has 0 spiro atoms. The molecule has 0 saturated carbocycles. The molecule has 0 aliphatic rings. The molecule has 0 bridgehead atoms. The predicted molar refractivity (Wildman–Crippen MR) is 87.9 cm³/mol. The van der Waals surface area contributed by atoms with Gasteiger partial charge < -0.3 is 10.2 Å². The van der Waals surface area contributed by atoms with Crippen molar-refractivity contribution in [1.82, 2.24) is 15.0 Å². The van der Waals surface area contributed by atoms with Crippen molar-refractivity contribution in [2.45, 2.75) is 6.42 Å². The lowest BCUT2D eigenvalue weighted by Crippen LogP contribution is -2.02. The van der Waals surface area contributed by atoms with Gasteiger partial charge in [-0.1, -0.05) is 30.3 Å². The van der Waals surface area contributed by atoms with Crippen LogP contribution in [0.3, 0.4) is 0 Å². The minimum absolute atomic E-state index is 0.0893. The number of allylic oxidation sites excluding steroid dienone is 1.